The highest BCUT2D eigenvalue weighted by Crippen LogP contribution is 2.43. The summed E-state index contributed by atoms with van der Waals surface area (Å²) in [5.41, 5.74) is 3.43. The van der Waals surface area contributed by atoms with Crippen molar-refractivity contribution in [2.75, 3.05) is 27.7 Å². The number of nitrogens with zero attached hydrogens (tertiary/aromatic N) is 2. The maximum Gasteiger partial charge on any atom is 0.253 e. The third kappa shape index (κ3) is 5.72. The van der Waals surface area contributed by atoms with Gasteiger partial charge in [-0.3, -0.25) is 9.79 Å². The summed E-state index contributed by atoms with van der Waals surface area (Å²) in [6.45, 7) is 1.54. The molecule has 1 amide bonds. The molecule has 29 heavy (non-hydrogen) atoms. The number of halogens is 1. The van der Waals surface area contributed by atoms with E-state index in [1.807, 2.05) is 24.3 Å². The van der Waals surface area contributed by atoms with Crippen LogP contribution in [0.4, 0.5) is 0 Å². The molecule has 0 saturated heterocycles. The number of carbonyl (C=O) groups is 1. The van der Waals surface area contributed by atoms with E-state index in [9.17, 15) is 4.79 Å². The van der Waals surface area contributed by atoms with Crippen molar-refractivity contribution in [1.82, 2.24) is 15.5 Å². The molecule has 0 aliphatic heterocycles. The van der Waals surface area contributed by atoms with Crippen LogP contribution in [-0.2, 0) is 12.0 Å². The van der Waals surface area contributed by atoms with Gasteiger partial charge in [0.2, 0.25) is 0 Å². The average Bonchev–Trinajstić information content (AvgIpc) is 2.70. The van der Waals surface area contributed by atoms with Gasteiger partial charge in [-0.05, 0) is 36.1 Å². The van der Waals surface area contributed by atoms with Crippen molar-refractivity contribution in [3.63, 3.8) is 0 Å². The lowest BCUT2D eigenvalue weighted by atomic mass is 9.64. The zero-order valence-electron chi connectivity index (χ0n) is 17.4. The average molecular weight is 506 g/mol. The number of amides is 1. The second kappa shape index (κ2) is 10.6. The molecule has 0 bridgehead atoms. The van der Waals surface area contributed by atoms with Crippen LogP contribution in [0.25, 0.3) is 0 Å². The molecular weight excluding hydrogens is 475 g/mol. The number of rotatable bonds is 6. The number of aliphatic imine (C=N–C) groups is 1. The van der Waals surface area contributed by atoms with Crippen LogP contribution in [-0.4, -0.2) is 44.5 Å². The van der Waals surface area contributed by atoms with Gasteiger partial charge in [0.15, 0.2) is 5.96 Å². The summed E-state index contributed by atoms with van der Waals surface area (Å²) in [4.78, 5) is 17.9. The third-order valence-electron chi connectivity index (χ3n) is 5.58. The van der Waals surface area contributed by atoms with Crippen molar-refractivity contribution in [2.45, 2.75) is 31.2 Å². The lowest BCUT2D eigenvalue weighted by molar-refractivity contribution is 0.0827. The highest BCUT2D eigenvalue weighted by Gasteiger charge is 2.38. The predicted octanol–water partition coefficient (Wildman–Crippen LogP) is 3.79. The van der Waals surface area contributed by atoms with Gasteiger partial charge in [0, 0.05) is 45.2 Å². The van der Waals surface area contributed by atoms with Gasteiger partial charge in [-0.15, -0.1) is 24.0 Å². The van der Waals surface area contributed by atoms with Crippen molar-refractivity contribution < 1.29 is 4.79 Å². The Morgan fingerprint density at radius 3 is 2.21 bits per heavy atom. The predicted molar refractivity (Wildman–Crippen MR) is 130 cm³/mol. The molecule has 3 rings (SSSR count). The SMILES string of the molecule is CN=C(NCc1ccc(C(=O)N(C)C)cc1)NCC1(c2ccccc2)CCC1.I. The molecule has 0 spiro atoms. The molecule has 0 unspecified atom stereocenters. The summed E-state index contributed by atoms with van der Waals surface area (Å²) in [7, 11) is 5.32. The highest BCUT2D eigenvalue weighted by molar-refractivity contribution is 14.0. The molecule has 1 saturated carbocycles. The van der Waals surface area contributed by atoms with Gasteiger partial charge in [-0.2, -0.15) is 0 Å². The Labute approximate surface area is 191 Å². The van der Waals surface area contributed by atoms with Crippen molar-refractivity contribution in [2.24, 2.45) is 4.99 Å². The minimum Gasteiger partial charge on any atom is -0.356 e. The summed E-state index contributed by atoms with van der Waals surface area (Å²) < 4.78 is 0. The molecule has 0 heterocycles. The molecule has 2 N–H and O–H groups in total. The second-order valence-electron chi connectivity index (χ2n) is 7.68. The summed E-state index contributed by atoms with van der Waals surface area (Å²) >= 11 is 0. The van der Waals surface area contributed by atoms with E-state index in [2.05, 4.69) is 46.0 Å². The number of carbonyl (C=O) groups excluding carboxylic acids is 1. The van der Waals surface area contributed by atoms with Gasteiger partial charge in [0.05, 0.1) is 0 Å². The molecule has 0 radical (unpaired) electrons. The topological polar surface area (TPSA) is 56.7 Å². The molecule has 6 heteroatoms. The zero-order valence-corrected chi connectivity index (χ0v) is 19.8. The Hall–Kier alpha value is -2.09. The van der Waals surface area contributed by atoms with E-state index in [0.29, 0.717) is 12.1 Å². The normalized spacial score (nSPS) is 14.9. The van der Waals surface area contributed by atoms with Gasteiger partial charge in [-0.1, -0.05) is 48.9 Å². The van der Waals surface area contributed by atoms with Gasteiger partial charge in [0.25, 0.3) is 5.91 Å². The number of hydrogen-bond acceptors (Lipinski definition) is 2. The maximum absolute atomic E-state index is 12.0. The number of nitrogens with one attached hydrogen (secondary N) is 2. The first-order chi connectivity index (χ1) is 13.5. The third-order valence-corrected chi connectivity index (χ3v) is 5.58. The van der Waals surface area contributed by atoms with Crippen molar-refractivity contribution in [3.8, 4) is 0 Å². The standard InChI is InChI=1S/C23H30N4O.HI/c1-24-22(25-16-18-10-12-19(13-11-18)21(28)27(2)3)26-17-23(14-7-15-23)20-8-5-4-6-9-20;/h4-6,8-13H,7,14-17H2,1-3H3,(H2,24,25,26);1H. The first-order valence-corrected chi connectivity index (χ1v) is 9.85. The van der Waals surface area contributed by atoms with Crippen LogP contribution in [0.5, 0.6) is 0 Å². The molecule has 5 nitrogen and oxygen atoms in total. The minimum absolute atomic E-state index is 0. The second-order valence-corrected chi connectivity index (χ2v) is 7.68. The fourth-order valence-electron chi connectivity index (χ4n) is 3.65. The van der Waals surface area contributed by atoms with E-state index in [1.54, 1.807) is 26.0 Å². The maximum atomic E-state index is 12.0. The van der Waals surface area contributed by atoms with Crippen molar-refractivity contribution in [3.05, 3.63) is 71.3 Å². The zero-order chi connectivity index (χ0) is 20.0. The molecule has 0 aromatic heterocycles. The van der Waals surface area contributed by atoms with E-state index in [-0.39, 0.29) is 35.3 Å². The first kappa shape index (κ1) is 23.2. The van der Waals surface area contributed by atoms with Gasteiger partial charge in [0.1, 0.15) is 0 Å². The van der Waals surface area contributed by atoms with E-state index in [0.717, 1.165) is 18.1 Å². The monoisotopic (exact) mass is 506 g/mol. The summed E-state index contributed by atoms with van der Waals surface area (Å²) in [6, 6.07) is 18.5. The minimum atomic E-state index is 0. The fourth-order valence-corrected chi connectivity index (χ4v) is 3.65. The van der Waals surface area contributed by atoms with Crippen molar-refractivity contribution in [1.29, 1.82) is 0 Å². The Balaban J connectivity index is 0.00000300. The van der Waals surface area contributed by atoms with Crippen LogP contribution in [0, 0.1) is 0 Å². The van der Waals surface area contributed by atoms with Gasteiger partial charge in [-0.25, -0.2) is 0 Å². The molecule has 1 aliphatic carbocycles. The number of guanidine groups is 1. The molecule has 1 fully saturated rings. The van der Waals surface area contributed by atoms with Crippen molar-refractivity contribution >= 4 is 35.8 Å². The van der Waals surface area contributed by atoms with Crippen LogP contribution in [0.3, 0.4) is 0 Å². The Morgan fingerprint density at radius 1 is 1.03 bits per heavy atom. The molecular formula is C23H31IN4O. The van der Waals surface area contributed by atoms with Crippen LogP contribution >= 0.6 is 24.0 Å². The lowest BCUT2D eigenvalue weighted by Gasteiger charge is -2.43. The molecule has 2 aromatic carbocycles. The summed E-state index contributed by atoms with van der Waals surface area (Å²) in [6.07, 6.45) is 3.70. The Morgan fingerprint density at radius 2 is 1.69 bits per heavy atom. The Bertz CT molecular complexity index is 815. The molecule has 2 aromatic rings. The van der Waals surface area contributed by atoms with E-state index >= 15 is 0 Å². The van der Waals surface area contributed by atoms with Crippen LogP contribution in [0.15, 0.2) is 59.6 Å². The van der Waals surface area contributed by atoms with Gasteiger partial charge >= 0.3 is 0 Å². The van der Waals surface area contributed by atoms with Crippen LogP contribution in [0.2, 0.25) is 0 Å². The number of hydrogen-bond donors (Lipinski definition) is 2. The van der Waals surface area contributed by atoms with E-state index < -0.39 is 0 Å². The fraction of sp³-hybridized carbons (Fsp3) is 0.391. The smallest absolute Gasteiger partial charge is 0.253 e. The highest BCUT2D eigenvalue weighted by atomic mass is 127. The Kier molecular flexibility index (Phi) is 8.49. The summed E-state index contributed by atoms with van der Waals surface area (Å²) in [5.74, 6) is 0.819. The lowest BCUT2D eigenvalue weighted by Crippen LogP contribution is -2.48. The molecule has 0 atom stereocenters. The largest absolute Gasteiger partial charge is 0.356 e. The summed E-state index contributed by atoms with van der Waals surface area (Å²) in [5, 5.41) is 6.88. The van der Waals surface area contributed by atoms with Crippen LogP contribution < -0.4 is 10.6 Å². The quantitative estimate of drug-likeness (QED) is 0.356. The number of benzene rings is 2. The van der Waals surface area contributed by atoms with E-state index in [4.69, 9.17) is 0 Å². The van der Waals surface area contributed by atoms with Gasteiger partial charge < -0.3 is 15.5 Å². The van der Waals surface area contributed by atoms with E-state index in [1.165, 1.54) is 24.8 Å². The van der Waals surface area contributed by atoms with Crippen LogP contribution in [0.1, 0.15) is 40.7 Å². The first-order valence-electron chi connectivity index (χ1n) is 9.85. The molecule has 156 valence electrons. The molecule has 1 aliphatic rings.